The molecule has 1 aromatic carbocycles. The first-order chi connectivity index (χ1) is 9.10. The molecule has 0 aliphatic carbocycles. The summed E-state index contributed by atoms with van der Waals surface area (Å²) in [6.07, 6.45) is 0.869. The Morgan fingerprint density at radius 3 is 2.74 bits per heavy atom. The molecule has 0 aromatic heterocycles. The summed E-state index contributed by atoms with van der Waals surface area (Å²) >= 11 is 3.40. The highest BCUT2D eigenvalue weighted by atomic mass is 79.9. The zero-order valence-corrected chi connectivity index (χ0v) is 12.7. The SMILES string of the molecule is COC1CNC(C(=O)NC(C)c2ccc(Br)cc2)C1. The lowest BCUT2D eigenvalue weighted by molar-refractivity contribution is -0.123. The van der Waals surface area contributed by atoms with E-state index in [9.17, 15) is 4.79 Å². The van der Waals surface area contributed by atoms with E-state index in [-0.39, 0.29) is 24.1 Å². The molecule has 1 fully saturated rings. The van der Waals surface area contributed by atoms with Crippen molar-refractivity contribution < 1.29 is 9.53 Å². The number of carbonyl (C=O) groups excluding carboxylic acids is 1. The Morgan fingerprint density at radius 2 is 2.16 bits per heavy atom. The van der Waals surface area contributed by atoms with Gasteiger partial charge >= 0.3 is 0 Å². The smallest absolute Gasteiger partial charge is 0.237 e. The van der Waals surface area contributed by atoms with Crippen molar-refractivity contribution in [3.05, 3.63) is 34.3 Å². The molecule has 4 nitrogen and oxygen atoms in total. The molecule has 0 saturated carbocycles. The van der Waals surface area contributed by atoms with Crippen molar-refractivity contribution in [1.29, 1.82) is 0 Å². The predicted molar refractivity (Wildman–Crippen MR) is 77.9 cm³/mol. The van der Waals surface area contributed by atoms with Gasteiger partial charge in [-0.1, -0.05) is 28.1 Å². The van der Waals surface area contributed by atoms with Crippen LogP contribution in [0.5, 0.6) is 0 Å². The standard InChI is InChI=1S/C14H19BrN2O2/c1-9(10-3-5-11(15)6-4-10)17-14(18)13-7-12(19-2)8-16-13/h3-6,9,12-13,16H,7-8H2,1-2H3,(H,17,18). The van der Waals surface area contributed by atoms with Gasteiger partial charge in [-0.3, -0.25) is 4.79 Å². The van der Waals surface area contributed by atoms with Crippen molar-refractivity contribution >= 4 is 21.8 Å². The van der Waals surface area contributed by atoms with Crippen molar-refractivity contribution in [1.82, 2.24) is 10.6 Å². The lowest BCUT2D eigenvalue weighted by atomic mass is 10.1. The molecule has 3 atom stereocenters. The minimum atomic E-state index is -0.150. The van der Waals surface area contributed by atoms with E-state index in [1.165, 1.54) is 0 Å². The van der Waals surface area contributed by atoms with Crippen molar-refractivity contribution in [3.63, 3.8) is 0 Å². The summed E-state index contributed by atoms with van der Waals surface area (Å²) in [7, 11) is 1.68. The molecule has 1 aliphatic heterocycles. The Hall–Kier alpha value is -0.910. The molecule has 1 aromatic rings. The number of nitrogens with one attached hydrogen (secondary N) is 2. The normalized spacial score (nSPS) is 24.2. The summed E-state index contributed by atoms with van der Waals surface area (Å²) in [6.45, 7) is 2.73. The minimum Gasteiger partial charge on any atom is -0.380 e. The molecule has 1 aliphatic rings. The molecule has 2 N–H and O–H groups in total. The largest absolute Gasteiger partial charge is 0.380 e. The number of hydrogen-bond acceptors (Lipinski definition) is 3. The average molecular weight is 327 g/mol. The zero-order valence-electron chi connectivity index (χ0n) is 11.2. The maximum Gasteiger partial charge on any atom is 0.237 e. The molecule has 0 radical (unpaired) electrons. The van der Waals surface area contributed by atoms with Gasteiger partial charge in [0.1, 0.15) is 0 Å². The molecule has 5 heteroatoms. The first-order valence-electron chi connectivity index (χ1n) is 6.42. The Balaban J connectivity index is 1.90. The third-order valence-electron chi connectivity index (χ3n) is 3.47. The number of carbonyl (C=O) groups is 1. The zero-order chi connectivity index (χ0) is 13.8. The molecule has 104 valence electrons. The van der Waals surface area contributed by atoms with Crippen molar-refractivity contribution in [2.24, 2.45) is 0 Å². The van der Waals surface area contributed by atoms with Gasteiger partial charge in [0, 0.05) is 18.1 Å². The number of ether oxygens (including phenoxy) is 1. The summed E-state index contributed by atoms with van der Waals surface area (Å²) in [4.78, 5) is 12.1. The number of methoxy groups -OCH3 is 1. The van der Waals surface area contributed by atoms with Crippen molar-refractivity contribution in [3.8, 4) is 0 Å². The Kier molecular flexibility index (Phi) is 4.96. The van der Waals surface area contributed by atoms with Gasteiger partial charge in [0.25, 0.3) is 0 Å². The van der Waals surface area contributed by atoms with Gasteiger partial charge in [-0.15, -0.1) is 0 Å². The van der Waals surface area contributed by atoms with E-state index in [1.54, 1.807) is 7.11 Å². The van der Waals surface area contributed by atoms with Crippen LogP contribution < -0.4 is 10.6 Å². The van der Waals surface area contributed by atoms with Gasteiger partial charge in [0.2, 0.25) is 5.91 Å². The molecule has 19 heavy (non-hydrogen) atoms. The molecule has 3 unspecified atom stereocenters. The van der Waals surface area contributed by atoms with Crippen LogP contribution in [0, 0.1) is 0 Å². The van der Waals surface area contributed by atoms with Gasteiger partial charge in [-0.2, -0.15) is 0 Å². The van der Waals surface area contributed by atoms with Crippen LogP contribution in [-0.4, -0.2) is 31.7 Å². The van der Waals surface area contributed by atoms with Crippen LogP contribution in [0.3, 0.4) is 0 Å². The summed E-state index contributed by atoms with van der Waals surface area (Å²) in [6, 6.07) is 7.83. The number of benzene rings is 1. The highest BCUT2D eigenvalue weighted by Crippen LogP contribution is 2.17. The van der Waals surface area contributed by atoms with Gasteiger partial charge < -0.3 is 15.4 Å². The first kappa shape index (κ1) is 14.5. The molecule has 1 heterocycles. The van der Waals surface area contributed by atoms with Crippen LogP contribution in [0.2, 0.25) is 0 Å². The van der Waals surface area contributed by atoms with E-state index < -0.39 is 0 Å². The van der Waals surface area contributed by atoms with Crippen LogP contribution in [0.15, 0.2) is 28.7 Å². The fourth-order valence-electron chi connectivity index (χ4n) is 2.23. The second-order valence-corrected chi connectivity index (χ2v) is 5.75. The summed E-state index contributed by atoms with van der Waals surface area (Å²) in [5.74, 6) is 0.0370. The van der Waals surface area contributed by atoms with Crippen LogP contribution >= 0.6 is 15.9 Å². The second-order valence-electron chi connectivity index (χ2n) is 4.84. The topological polar surface area (TPSA) is 50.4 Å². The second kappa shape index (κ2) is 6.50. The quantitative estimate of drug-likeness (QED) is 0.889. The third-order valence-corrected chi connectivity index (χ3v) is 4.00. The van der Waals surface area contributed by atoms with E-state index in [0.717, 1.165) is 23.0 Å². The van der Waals surface area contributed by atoms with E-state index in [1.807, 2.05) is 31.2 Å². The maximum absolute atomic E-state index is 12.1. The monoisotopic (exact) mass is 326 g/mol. The number of rotatable bonds is 4. The summed E-state index contributed by atoms with van der Waals surface area (Å²) in [5, 5.41) is 6.21. The van der Waals surface area contributed by atoms with Gasteiger partial charge in [0.15, 0.2) is 0 Å². The predicted octanol–water partition coefficient (Wildman–Crippen LogP) is 2.00. The summed E-state index contributed by atoms with van der Waals surface area (Å²) < 4.78 is 6.28. The number of amides is 1. The molecule has 1 saturated heterocycles. The number of hydrogen-bond donors (Lipinski definition) is 2. The van der Waals surface area contributed by atoms with E-state index in [0.29, 0.717) is 0 Å². The molecule has 0 bridgehead atoms. The molecular weight excluding hydrogens is 308 g/mol. The highest BCUT2D eigenvalue weighted by Gasteiger charge is 2.29. The lowest BCUT2D eigenvalue weighted by Gasteiger charge is -2.17. The molecule has 2 rings (SSSR count). The van der Waals surface area contributed by atoms with Crippen LogP contribution in [0.25, 0.3) is 0 Å². The fraction of sp³-hybridized carbons (Fsp3) is 0.500. The van der Waals surface area contributed by atoms with Crippen molar-refractivity contribution in [2.75, 3.05) is 13.7 Å². The third kappa shape index (κ3) is 3.78. The molecule has 0 spiro atoms. The molecular formula is C14H19BrN2O2. The van der Waals surface area contributed by atoms with Crippen LogP contribution in [0.4, 0.5) is 0 Å². The van der Waals surface area contributed by atoms with Crippen LogP contribution in [0.1, 0.15) is 24.9 Å². The van der Waals surface area contributed by atoms with Crippen LogP contribution in [-0.2, 0) is 9.53 Å². The van der Waals surface area contributed by atoms with E-state index >= 15 is 0 Å². The highest BCUT2D eigenvalue weighted by molar-refractivity contribution is 9.10. The van der Waals surface area contributed by atoms with Gasteiger partial charge in [0.05, 0.1) is 18.2 Å². The summed E-state index contributed by atoms with van der Waals surface area (Å²) in [5.41, 5.74) is 1.10. The van der Waals surface area contributed by atoms with Gasteiger partial charge in [-0.05, 0) is 31.0 Å². The fourth-order valence-corrected chi connectivity index (χ4v) is 2.50. The Labute approximate surface area is 122 Å². The average Bonchev–Trinajstić information content (AvgIpc) is 2.88. The molecule has 1 amide bonds. The Bertz CT molecular complexity index is 436. The van der Waals surface area contributed by atoms with E-state index in [4.69, 9.17) is 4.74 Å². The van der Waals surface area contributed by atoms with Crippen molar-refractivity contribution in [2.45, 2.75) is 31.5 Å². The minimum absolute atomic E-state index is 0.00370. The number of halogens is 1. The lowest BCUT2D eigenvalue weighted by Crippen LogP contribution is -2.41. The van der Waals surface area contributed by atoms with E-state index in [2.05, 4.69) is 26.6 Å². The maximum atomic E-state index is 12.1. The first-order valence-corrected chi connectivity index (χ1v) is 7.21. The van der Waals surface area contributed by atoms with Gasteiger partial charge in [-0.25, -0.2) is 0 Å². The Morgan fingerprint density at radius 1 is 1.47 bits per heavy atom.